The second-order valence-corrected chi connectivity index (χ2v) is 8.16. The Labute approximate surface area is 197 Å². The van der Waals surface area contributed by atoms with Gasteiger partial charge in [0.1, 0.15) is 6.54 Å². The van der Waals surface area contributed by atoms with Crippen molar-refractivity contribution in [2.45, 2.75) is 20.1 Å². The van der Waals surface area contributed by atoms with Gasteiger partial charge in [-0.2, -0.15) is 0 Å². The lowest BCUT2D eigenvalue weighted by atomic mass is 9.78. The second-order valence-electron chi connectivity index (χ2n) is 8.16. The Morgan fingerprint density at radius 2 is 1.32 bits per heavy atom. The van der Waals surface area contributed by atoms with Crippen LogP contribution in [0.15, 0.2) is 36.4 Å². The zero-order chi connectivity index (χ0) is 24.4. The molecule has 2 aromatic rings. The molecule has 3 N–H and O–H groups in total. The van der Waals surface area contributed by atoms with Gasteiger partial charge in [-0.15, -0.1) is 0 Å². The van der Waals surface area contributed by atoms with Crippen LogP contribution in [0.3, 0.4) is 0 Å². The van der Waals surface area contributed by atoms with Crippen molar-refractivity contribution in [2.24, 2.45) is 0 Å². The molecule has 0 atom stereocenters. The number of carboxylic acid groups (broad SMARTS) is 1. The molecule has 2 aliphatic rings. The highest BCUT2D eigenvalue weighted by Gasteiger charge is 2.30. The Hall–Kier alpha value is -3.18. The van der Waals surface area contributed by atoms with Crippen LogP contribution in [-0.2, 0) is 27.3 Å². The Morgan fingerprint density at radius 3 is 1.79 bits per heavy atom. The van der Waals surface area contributed by atoms with E-state index in [1.54, 1.807) is 37.3 Å². The highest BCUT2D eigenvalue weighted by atomic mass is 16.5. The largest absolute Gasteiger partial charge is 0.491 e. The molecule has 0 spiro atoms. The van der Waals surface area contributed by atoms with Crippen LogP contribution in [0.5, 0.6) is 0 Å². The lowest BCUT2D eigenvalue weighted by Gasteiger charge is -2.27. The van der Waals surface area contributed by atoms with Crippen molar-refractivity contribution in [2.75, 3.05) is 26.2 Å². The molecule has 0 radical (unpaired) electrons. The van der Waals surface area contributed by atoms with Gasteiger partial charge >= 0.3 is 20.2 Å². The Morgan fingerprint density at radius 1 is 0.853 bits per heavy atom. The van der Waals surface area contributed by atoms with Gasteiger partial charge in [-0.05, 0) is 53.2 Å². The summed E-state index contributed by atoms with van der Waals surface area (Å²) in [7, 11) is -2.20. The molecule has 0 bridgehead atoms. The first-order chi connectivity index (χ1) is 16.3. The number of hydrogen-bond donors (Lipinski definition) is 3. The highest BCUT2D eigenvalue weighted by molar-refractivity contribution is 6.62. The molecule has 2 heterocycles. The number of nitrogens with zero attached hydrogens (tertiary/aromatic N) is 2. The summed E-state index contributed by atoms with van der Waals surface area (Å²) in [5.41, 5.74) is 3.21. The van der Waals surface area contributed by atoms with E-state index < -0.39 is 32.7 Å². The zero-order valence-electron chi connectivity index (χ0n) is 18.6. The molecule has 4 rings (SSSR count). The number of carbonyl (C=O) groups is 3. The van der Waals surface area contributed by atoms with E-state index in [4.69, 9.17) is 9.31 Å². The molecule has 0 unspecified atom stereocenters. The van der Waals surface area contributed by atoms with E-state index in [1.807, 2.05) is 0 Å². The van der Waals surface area contributed by atoms with Gasteiger partial charge in [-0.25, -0.2) is 0 Å². The quantitative estimate of drug-likeness (QED) is 0.414. The van der Waals surface area contributed by atoms with Crippen molar-refractivity contribution in [3.63, 3.8) is 0 Å². The van der Waals surface area contributed by atoms with Gasteiger partial charge in [-0.3, -0.25) is 14.4 Å². The normalized spacial score (nSPS) is 14.1. The molecule has 0 aromatic heterocycles. The Kier molecular flexibility index (Phi) is 7.03. The average molecular weight is 466 g/mol. The van der Waals surface area contributed by atoms with Crippen molar-refractivity contribution >= 4 is 42.9 Å². The van der Waals surface area contributed by atoms with Crippen LogP contribution in [0, 0.1) is 0 Å². The fourth-order valence-corrected chi connectivity index (χ4v) is 4.12. The van der Waals surface area contributed by atoms with Crippen LogP contribution in [0.2, 0.25) is 0 Å². The van der Waals surface area contributed by atoms with Crippen LogP contribution in [-0.4, -0.2) is 83.2 Å². The monoisotopic (exact) mass is 466 g/mol. The fourth-order valence-electron chi connectivity index (χ4n) is 4.12. The molecule has 2 amide bonds. The summed E-state index contributed by atoms with van der Waals surface area (Å²) in [6.45, 7) is 2.21. The second kappa shape index (κ2) is 9.98. The summed E-state index contributed by atoms with van der Waals surface area (Å²) in [4.78, 5) is 40.2. The number of rotatable bonds is 8. The predicted octanol–water partition coefficient (Wildman–Crippen LogP) is -1.19. The van der Waals surface area contributed by atoms with E-state index in [2.05, 4.69) is 0 Å². The van der Waals surface area contributed by atoms with E-state index >= 15 is 0 Å². The van der Waals surface area contributed by atoms with Crippen LogP contribution in [0.25, 0.3) is 0 Å². The molecule has 2 aromatic carbocycles. The summed E-state index contributed by atoms with van der Waals surface area (Å²) in [5.74, 6) is -2.00. The number of aliphatic carboxylic acids is 1. The van der Waals surface area contributed by atoms with Gasteiger partial charge < -0.3 is 34.3 Å². The molecule has 0 aliphatic carbocycles. The molecule has 0 fully saturated rings. The minimum absolute atomic E-state index is 0.00245. The van der Waals surface area contributed by atoms with E-state index in [0.29, 0.717) is 23.0 Å². The Balaban J connectivity index is 1.48. The van der Waals surface area contributed by atoms with Crippen molar-refractivity contribution in [1.82, 2.24) is 9.80 Å². The van der Waals surface area contributed by atoms with E-state index in [0.717, 1.165) is 16.0 Å². The molecule has 10 nitrogen and oxygen atoms in total. The molecule has 0 saturated heterocycles. The van der Waals surface area contributed by atoms with Gasteiger partial charge in [0.05, 0.1) is 13.2 Å². The smallest absolute Gasteiger partial charge is 0.480 e. The summed E-state index contributed by atoms with van der Waals surface area (Å²) < 4.78 is 10.3. The van der Waals surface area contributed by atoms with Crippen molar-refractivity contribution in [3.05, 3.63) is 58.7 Å². The minimum atomic E-state index is -1.18. The third-order valence-electron chi connectivity index (χ3n) is 6.03. The van der Waals surface area contributed by atoms with Gasteiger partial charge in [0.15, 0.2) is 0 Å². The van der Waals surface area contributed by atoms with Crippen LogP contribution < -0.4 is 10.9 Å². The molecule has 176 valence electrons. The number of fused-ring (bicyclic) bond motifs is 2. The number of carboxylic acids is 1. The number of likely N-dealkylation sites (N-methyl/N-ethyl adjacent to an activating group) is 1. The van der Waals surface area contributed by atoms with E-state index in [-0.39, 0.29) is 37.8 Å². The fraction of sp³-hybridized carbons (Fsp3) is 0.318. The third kappa shape index (κ3) is 4.85. The van der Waals surface area contributed by atoms with Gasteiger partial charge in [-0.1, -0.05) is 12.1 Å². The van der Waals surface area contributed by atoms with Crippen molar-refractivity contribution in [3.8, 4) is 0 Å². The topological polar surface area (TPSA) is 137 Å². The van der Waals surface area contributed by atoms with Gasteiger partial charge in [0, 0.05) is 30.8 Å². The standard InChI is InChI=1S/C22H24B2N2O8/c1-2-25(21(29)14-3-5-16-12-33-23(31)18(16)9-14)7-8-26(11-20(27)28)22(30)15-4-6-17-13-34-24(32)19(17)10-15/h3-6,9-10,31-32H,2,7-8,11-13H2,1H3,(H,27,28). The molecule has 34 heavy (non-hydrogen) atoms. The summed E-state index contributed by atoms with van der Waals surface area (Å²) in [5, 5.41) is 29.2. The first-order valence-electron chi connectivity index (χ1n) is 10.9. The minimum Gasteiger partial charge on any atom is -0.480 e. The molecule has 0 saturated carbocycles. The van der Waals surface area contributed by atoms with Crippen LogP contribution >= 0.6 is 0 Å². The van der Waals surface area contributed by atoms with E-state index in [1.165, 1.54) is 11.0 Å². The summed E-state index contributed by atoms with van der Waals surface area (Å²) in [6, 6.07) is 9.73. The van der Waals surface area contributed by atoms with E-state index in [9.17, 15) is 29.5 Å². The maximum absolute atomic E-state index is 13.1. The Bertz CT molecular complexity index is 1130. The van der Waals surface area contributed by atoms with Gasteiger partial charge in [0.2, 0.25) is 0 Å². The highest BCUT2D eigenvalue weighted by Crippen LogP contribution is 2.15. The average Bonchev–Trinajstić information content (AvgIpc) is 3.39. The predicted molar refractivity (Wildman–Crippen MR) is 123 cm³/mol. The lowest BCUT2D eigenvalue weighted by Crippen LogP contribution is -2.43. The van der Waals surface area contributed by atoms with Crippen LogP contribution in [0.1, 0.15) is 38.8 Å². The van der Waals surface area contributed by atoms with Crippen molar-refractivity contribution < 1.29 is 38.8 Å². The first kappa shape index (κ1) is 24.0. The SMILES string of the molecule is CCN(CCN(CC(=O)O)C(=O)c1ccc2c(c1)B(O)OC2)C(=O)c1ccc2c(c1)B(O)OC2. The molecule has 12 heteroatoms. The maximum atomic E-state index is 13.1. The lowest BCUT2D eigenvalue weighted by molar-refractivity contribution is -0.137. The van der Waals surface area contributed by atoms with Crippen LogP contribution in [0.4, 0.5) is 0 Å². The molecule has 2 aliphatic heterocycles. The summed E-state index contributed by atoms with van der Waals surface area (Å²) in [6.07, 6.45) is 0. The zero-order valence-corrected chi connectivity index (χ0v) is 18.6. The third-order valence-corrected chi connectivity index (χ3v) is 6.03. The van der Waals surface area contributed by atoms with Crippen molar-refractivity contribution in [1.29, 1.82) is 0 Å². The number of hydrogen-bond acceptors (Lipinski definition) is 7. The van der Waals surface area contributed by atoms with Gasteiger partial charge in [0.25, 0.3) is 11.8 Å². The molecular weight excluding hydrogens is 442 g/mol. The maximum Gasteiger partial charge on any atom is 0.491 e. The summed E-state index contributed by atoms with van der Waals surface area (Å²) >= 11 is 0. The molecular formula is C22H24B2N2O8. The number of benzene rings is 2. The number of carbonyl (C=O) groups excluding carboxylic acids is 2. The number of amides is 2. The first-order valence-corrected chi connectivity index (χ1v) is 10.9.